The number of nitrogens with one attached hydrogen (secondary N) is 1. The van der Waals surface area contributed by atoms with E-state index in [1.807, 2.05) is 6.26 Å². The number of rotatable bonds is 8. The van der Waals surface area contributed by atoms with Gasteiger partial charge in [-0.1, -0.05) is 17.7 Å². The summed E-state index contributed by atoms with van der Waals surface area (Å²) in [4.78, 5) is 16.6. The number of nitrogens with zero attached hydrogens (tertiary/aromatic N) is 1. The Morgan fingerprint density at radius 1 is 1.52 bits per heavy atom. The topological polar surface area (TPSA) is 95.9 Å². The Hall–Kier alpha value is -1.00. The molecule has 130 valence electrons. The second-order valence-electron chi connectivity index (χ2n) is 4.56. The van der Waals surface area contributed by atoms with Crippen molar-refractivity contribution in [3.63, 3.8) is 0 Å². The van der Waals surface area contributed by atoms with Crippen LogP contribution in [0.4, 0.5) is 0 Å². The Morgan fingerprint density at radius 2 is 2.17 bits per heavy atom. The molecule has 1 aromatic carbocycles. The summed E-state index contributed by atoms with van der Waals surface area (Å²) < 4.78 is 27.2. The molecule has 1 atom stereocenters. The number of para-hydroxylation sites is 1. The number of halogens is 1. The van der Waals surface area contributed by atoms with Crippen LogP contribution < -0.4 is 4.72 Å². The van der Waals surface area contributed by atoms with Crippen molar-refractivity contribution in [1.82, 2.24) is 9.79 Å². The van der Waals surface area contributed by atoms with Gasteiger partial charge in [0.1, 0.15) is 10.9 Å². The second-order valence-corrected chi connectivity index (χ2v) is 7.64. The summed E-state index contributed by atoms with van der Waals surface area (Å²) in [6, 6.07) is 2.96. The van der Waals surface area contributed by atoms with Crippen molar-refractivity contribution >= 4 is 39.3 Å². The van der Waals surface area contributed by atoms with Crippen molar-refractivity contribution in [2.45, 2.75) is 17.4 Å². The van der Waals surface area contributed by atoms with Gasteiger partial charge in [-0.3, -0.25) is 9.63 Å². The lowest BCUT2D eigenvalue weighted by atomic mass is 10.2. The Bertz CT molecular complexity index is 654. The van der Waals surface area contributed by atoms with Gasteiger partial charge in [0.15, 0.2) is 5.75 Å². The molecule has 0 unspecified atom stereocenters. The standard InChI is InChI=1S/C13H19ClN2O5S2/c1-16(21-2)13(18)10(7-8-22-3)15-23(19,20)11-6-4-5-9(14)12(11)17/h4-6,10,15,17H,7-8H2,1-3H3/t10-/m0/s1. The minimum absolute atomic E-state index is 0.0890. The molecule has 1 amide bonds. The highest BCUT2D eigenvalue weighted by molar-refractivity contribution is 7.98. The van der Waals surface area contributed by atoms with Gasteiger partial charge in [0.05, 0.1) is 12.1 Å². The van der Waals surface area contributed by atoms with E-state index in [1.54, 1.807) is 0 Å². The zero-order valence-electron chi connectivity index (χ0n) is 12.9. The maximum Gasteiger partial charge on any atom is 0.264 e. The summed E-state index contributed by atoms with van der Waals surface area (Å²) in [5.41, 5.74) is 0. The second kappa shape index (κ2) is 8.74. The number of hydrogen-bond acceptors (Lipinski definition) is 6. The first-order valence-electron chi connectivity index (χ1n) is 6.55. The summed E-state index contributed by atoms with van der Waals surface area (Å²) >= 11 is 7.21. The zero-order chi connectivity index (χ0) is 17.6. The molecule has 0 heterocycles. The van der Waals surface area contributed by atoms with Crippen molar-refractivity contribution in [3.8, 4) is 5.75 Å². The normalized spacial score (nSPS) is 12.9. The van der Waals surface area contributed by atoms with E-state index in [1.165, 1.54) is 44.1 Å². The molecule has 0 saturated carbocycles. The van der Waals surface area contributed by atoms with Crippen LogP contribution in [0.5, 0.6) is 5.75 Å². The number of phenols is 1. The van der Waals surface area contributed by atoms with E-state index in [9.17, 15) is 18.3 Å². The third-order valence-electron chi connectivity index (χ3n) is 3.03. The summed E-state index contributed by atoms with van der Waals surface area (Å²) in [6.45, 7) is 0. The quantitative estimate of drug-likeness (QED) is 0.661. The molecule has 2 N–H and O–H groups in total. The van der Waals surface area contributed by atoms with E-state index in [-0.39, 0.29) is 16.3 Å². The van der Waals surface area contributed by atoms with Gasteiger partial charge < -0.3 is 5.11 Å². The average Bonchev–Trinajstić information content (AvgIpc) is 2.52. The third kappa shape index (κ3) is 5.25. The van der Waals surface area contributed by atoms with Gasteiger partial charge in [-0.05, 0) is 30.6 Å². The highest BCUT2D eigenvalue weighted by Crippen LogP contribution is 2.30. The van der Waals surface area contributed by atoms with E-state index < -0.39 is 27.7 Å². The molecule has 0 fully saturated rings. The SMILES string of the molecule is CON(C)C(=O)[C@H](CCSC)NS(=O)(=O)c1cccc(Cl)c1O. The summed E-state index contributed by atoms with van der Waals surface area (Å²) in [5, 5.41) is 10.7. The predicted molar refractivity (Wildman–Crippen MR) is 90.0 cm³/mol. The van der Waals surface area contributed by atoms with Gasteiger partial charge in [0.2, 0.25) is 10.0 Å². The van der Waals surface area contributed by atoms with E-state index in [2.05, 4.69) is 4.72 Å². The first kappa shape index (κ1) is 20.0. The minimum Gasteiger partial charge on any atom is -0.505 e. The van der Waals surface area contributed by atoms with Gasteiger partial charge in [0, 0.05) is 7.05 Å². The van der Waals surface area contributed by atoms with Crippen molar-refractivity contribution in [3.05, 3.63) is 23.2 Å². The molecule has 0 aliphatic heterocycles. The van der Waals surface area contributed by atoms with Gasteiger partial charge >= 0.3 is 0 Å². The number of hydroxylamine groups is 2. The lowest BCUT2D eigenvalue weighted by molar-refractivity contribution is -0.170. The van der Waals surface area contributed by atoms with Gasteiger partial charge in [-0.15, -0.1) is 0 Å². The summed E-state index contributed by atoms with van der Waals surface area (Å²) in [7, 11) is -1.43. The molecular weight excluding hydrogens is 364 g/mol. The summed E-state index contributed by atoms with van der Waals surface area (Å²) in [6.07, 6.45) is 2.12. The van der Waals surface area contributed by atoms with Crippen LogP contribution in [0.25, 0.3) is 0 Å². The number of aromatic hydroxyl groups is 1. The molecular formula is C13H19ClN2O5S2. The van der Waals surface area contributed by atoms with Crippen molar-refractivity contribution in [2.24, 2.45) is 0 Å². The van der Waals surface area contributed by atoms with Crippen molar-refractivity contribution in [2.75, 3.05) is 26.2 Å². The van der Waals surface area contributed by atoms with Crippen LogP contribution in [-0.4, -0.2) is 56.7 Å². The van der Waals surface area contributed by atoms with Crippen LogP contribution in [-0.2, 0) is 19.7 Å². The van der Waals surface area contributed by atoms with E-state index in [4.69, 9.17) is 16.4 Å². The Morgan fingerprint density at radius 3 is 2.74 bits per heavy atom. The molecule has 0 aliphatic carbocycles. The molecule has 0 saturated heterocycles. The number of amides is 1. The Labute approximate surface area is 145 Å². The number of thioether (sulfide) groups is 1. The maximum absolute atomic E-state index is 12.4. The Kier molecular flexibility index (Phi) is 7.62. The van der Waals surface area contributed by atoms with Crippen LogP contribution in [0.2, 0.25) is 5.02 Å². The van der Waals surface area contributed by atoms with E-state index >= 15 is 0 Å². The smallest absolute Gasteiger partial charge is 0.264 e. The van der Waals surface area contributed by atoms with E-state index in [0.717, 1.165) is 5.06 Å². The first-order chi connectivity index (χ1) is 10.7. The van der Waals surface area contributed by atoms with E-state index in [0.29, 0.717) is 5.75 Å². The van der Waals surface area contributed by atoms with Gasteiger partial charge in [0.25, 0.3) is 5.91 Å². The van der Waals surface area contributed by atoms with Crippen LogP contribution in [0.1, 0.15) is 6.42 Å². The van der Waals surface area contributed by atoms with Crippen molar-refractivity contribution in [1.29, 1.82) is 0 Å². The number of benzene rings is 1. The molecule has 7 nitrogen and oxygen atoms in total. The number of sulfonamides is 1. The molecule has 1 rings (SSSR count). The lowest BCUT2D eigenvalue weighted by Crippen LogP contribution is -2.47. The number of hydrogen-bond donors (Lipinski definition) is 2. The molecule has 23 heavy (non-hydrogen) atoms. The predicted octanol–water partition coefficient (Wildman–Crippen LogP) is 1.47. The Balaban J connectivity index is 3.10. The lowest BCUT2D eigenvalue weighted by Gasteiger charge is -2.22. The molecule has 0 spiro atoms. The van der Waals surface area contributed by atoms with Gasteiger partial charge in [-0.25, -0.2) is 13.5 Å². The fourth-order valence-electron chi connectivity index (χ4n) is 1.74. The van der Waals surface area contributed by atoms with Crippen LogP contribution in [0.15, 0.2) is 23.1 Å². The average molecular weight is 383 g/mol. The number of likely N-dealkylation sites (N-methyl/N-ethyl adjacent to an activating group) is 1. The van der Waals surface area contributed by atoms with Gasteiger partial charge in [-0.2, -0.15) is 16.5 Å². The number of carbonyl (C=O) groups is 1. The highest BCUT2D eigenvalue weighted by atomic mass is 35.5. The molecule has 0 aliphatic rings. The molecule has 0 bridgehead atoms. The minimum atomic E-state index is -4.13. The fourth-order valence-corrected chi connectivity index (χ4v) is 3.79. The monoisotopic (exact) mass is 382 g/mol. The molecule has 1 aromatic rings. The zero-order valence-corrected chi connectivity index (χ0v) is 15.3. The third-order valence-corrected chi connectivity index (χ3v) is 5.48. The largest absolute Gasteiger partial charge is 0.505 e. The first-order valence-corrected chi connectivity index (χ1v) is 9.80. The maximum atomic E-state index is 12.4. The highest BCUT2D eigenvalue weighted by Gasteiger charge is 2.29. The molecule has 10 heteroatoms. The molecule has 0 aromatic heterocycles. The van der Waals surface area contributed by atoms with Crippen LogP contribution in [0.3, 0.4) is 0 Å². The number of carbonyl (C=O) groups excluding carboxylic acids is 1. The fraction of sp³-hybridized carbons (Fsp3) is 0.462. The summed E-state index contributed by atoms with van der Waals surface area (Å²) in [5.74, 6) is -0.526. The van der Waals surface area contributed by atoms with Crippen LogP contribution >= 0.6 is 23.4 Å². The van der Waals surface area contributed by atoms with Crippen LogP contribution in [0, 0.1) is 0 Å². The number of phenolic OH excluding ortho intramolecular Hbond substituents is 1. The van der Waals surface area contributed by atoms with Crippen molar-refractivity contribution < 1.29 is 23.2 Å². The molecule has 0 radical (unpaired) electrons.